The maximum absolute atomic E-state index is 14.3. The summed E-state index contributed by atoms with van der Waals surface area (Å²) in [5, 5.41) is 11.5. The van der Waals surface area contributed by atoms with Crippen LogP contribution in [0, 0.1) is 0 Å². The molecule has 0 bridgehead atoms. The van der Waals surface area contributed by atoms with Gasteiger partial charge in [0.2, 0.25) is 11.8 Å². The second-order valence-electron chi connectivity index (χ2n) is 9.92. The SMILES string of the molecule is CCC(C)(C)NC(=O)[C@H](c1ccc(OC)c(OC)c1)N(C(=O)Cn1nnc2ccccc21)c1ccccc1OC. The minimum absolute atomic E-state index is 0.160. The molecule has 0 unspecified atom stereocenters. The molecule has 0 radical (unpaired) electrons. The largest absolute Gasteiger partial charge is 0.495 e. The van der Waals surface area contributed by atoms with Gasteiger partial charge in [0.25, 0.3) is 0 Å². The van der Waals surface area contributed by atoms with Crippen molar-refractivity contribution in [2.24, 2.45) is 0 Å². The molecule has 0 aliphatic heterocycles. The number of nitrogens with zero attached hydrogens (tertiary/aromatic N) is 4. The molecule has 2 amide bonds. The molecule has 1 atom stereocenters. The Morgan fingerprint density at radius 1 is 0.925 bits per heavy atom. The van der Waals surface area contributed by atoms with Crippen LogP contribution in [0.1, 0.15) is 38.8 Å². The van der Waals surface area contributed by atoms with Gasteiger partial charge in [0, 0.05) is 5.54 Å². The summed E-state index contributed by atoms with van der Waals surface area (Å²) in [4.78, 5) is 29.9. The quantitative estimate of drug-likeness (QED) is 0.295. The van der Waals surface area contributed by atoms with Gasteiger partial charge in [0.1, 0.15) is 23.9 Å². The first-order valence-corrected chi connectivity index (χ1v) is 13.0. The van der Waals surface area contributed by atoms with Crippen LogP contribution < -0.4 is 24.4 Å². The van der Waals surface area contributed by atoms with Crippen LogP contribution >= 0.6 is 0 Å². The van der Waals surface area contributed by atoms with Crippen molar-refractivity contribution in [1.82, 2.24) is 20.3 Å². The molecule has 1 N–H and O–H groups in total. The van der Waals surface area contributed by atoms with Gasteiger partial charge in [-0.3, -0.25) is 14.5 Å². The lowest BCUT2D eigenvalue weighted by Crippen LogP contribution is -2.51. The highest BCUT2D eigenvalue weighted by Crippen LogP contribution is 2.38. The number of fused-ring (bicyclic) bond motifs is 1. The zero-order valence-corrected chi connectivity index (χ0v) is 23.7. The Balaban J connectivity index is 1.90. The minimum Gasteiger partial charge on any atom is -0.495 e. The van der Waals surface area contributed by atoms with Gasteiger partial charge in [-0.05, 0) is 62.2 Å². The normalized spacial score (nSPS) is 12.1. The second-order valence-corrected chi connectivity index (χ2v) is 9.92. The number of hydrogen-bond donors (Lipinski definition) is 1. The first kappa shape index (κ1) is 28.4. The van der Waals surface area contributed by atoms with Crippen molar-refractivity contribution in [3.8, 4) is 17.2 Å². The van der Waals surface area contributed by atoms with Gasteiger partial charge in [-0.25, -0.2) is 4.68 Å². The molecule has 0 spiro atoms. The Morgan fingerprint density at radius 2 is 1.60 bits per heavy atom. The van der Waals surface area contributed by atoms with Gasteiger partial charge in [0.15, 0.2) is 11.5 Å². The van der Waals surface area contributed by atoms with Crippen molar-refractivity contribution in [1.29, 1.82) is 0 Å². The first-order valence-electron chi connectivity index (χ1n) is 13.0. The number of benzene rings is 3. The van der Waals surface area contributed by atoms with E-state index in [9.17, 15) is 9.59 Å². The molecule has 0 fully saturated rings. The second kappa shape index (κ2) is 12.1. The van der Waals surface area contributed by atoms with Gasteiger partial charge in [-0.15, -0.1) is 5.10 Å². The molecule has 0 aliphatic carbocycles. The third-order valence-corrected chi connectivity index (χ3v) is 6.89. The molecular formula is C30H35N5O5. The van der Waals surface area contributed by atoms with Gasteiger partial charge in [0.05, 0.1) is 32.5 Å². The van der Waals surface area contributed by atoms with E-state index in [1.165, 1.54) is 23.8 Å². The molecule has 10 heteroatoms. The van der Waals surface area contributed by atoms with Crippen molar-refractivity contribution < 1.29 is 23.8 Å². The van der Waals surface area contributed by atoms with Crippen LogP contribution in [0.15, 0.2) is 66.7 Å². The van der Waals surface area contributed by atoms with Gasteiger partial charge in [-0.2, -0.15) is 0 Å². The maximum atomic E-state index is 14.3. The lowest BCUT2D eigenvalue weighted by atomic mass is 9.97. The van der Waals surface area contributed by atoms with Crippen LogP contribution in [0.5, 0.6) is 17.2 Å². The van der Waals surface area contributed by atoms with E-state index in [4.69, 9.17) is 14.2 Å². The van der Waals surface area contributed by atoms with E-state index < -0.39 is 11.6 Å². The van der Waals surface area contributed by atoms with E-state index >= 15 is 0 Å². The molecule has 1 aromatic heterocycles. The predicted octanol–water partition coefficient (Wildman–Crippen LogP) is 4.54. The summed E-state index contributed by atoms with van der Waals surface area (Å²) in [5.74, 6) is 0.629. The summed E-state index contributed by atoms with van der Waals surface area (Å²) in [6.45, 7) is 5.71. The van der Waals surface area contributed by atoms with Gasteiger partial charge in [-0.1, -0.05) is 42.5 Å². The summed E-state index contributed by atoms with van der Waals surface area (Å²) >= 11 is 0. The Kier molecular flexibility index (Phi) is 8.57. The Morgan fingerprint density at radius 3 is 2.30 bits per heavy atom. The zero-order valence-electron chi connectivity index (χ0n) is 23.7. The Labute approximate surface area is 233 Å². The standard InChI is InChI=1S/C30H35N5O5/c1-7-30(2,3)31-29(37)28(20-16-17-25(39-5)26(18-20)40-6)35(23-14-10-11-15-24(23)38-4)27(36)19-34-22-13-9-8-12-21(22)32-33-34/h8-18,28H,7,19H2,1-6H3,(H,31,37)/t28-/m0/s1. The molecule has 3 aromatic carbocycles. The third kappa shape index (κ3) is 5.85. The van der Waals surface area contributed by atoms with Gasteiger partial charge >= 0.3 is 0 Å². The summed E-state index contributed by atoms with van der Waals surface area (Å²) in [6, 6.07) is 18.6. The average molecular weight is 546 g/mol. The molecule has 210 valence electrons. The predicted molar refractivity (Wildman–Crippen MR) is 153 cm³/mol. The number of amides is 2. The molecule has 0 aliphatic rings. The minimum atomic E-state index is -1.08. The van der Waals surface area contributed by atoms with Crippen LogP contribution in [0.3, 0.4) is 0 Å². The highest BCUT2D eigenvalue weighted by atomic mass is 16.5. The number of hydrogen-bond acceptors (Lipinski definition) is 7. The molecule has 0 saturated carbocycles. The zero-order chi connectivity index (χ0) is 28.9. The average Bonchev–Trinajstić information content (AvgIpc) is 3.37. The lowest BCUT2D eigenvalue weighted by Gasteiger charge is -2.35. The number of rotatable bonds is 11. The number of nitrogens with one attached hydrogen (secondary N) is 1. The number of para-hydroxylation sites is 3. The Bertz CT molecular complexity index is 1500. The lowest BCUT2D eigenvalue weighted by molar-refractivity contribution is -0.128. The van der Waals surface area contributed by atoms with Crippen molar-refractivity contribution >= 4 is 28.5 Å². The van der Waals surface area contributed by atoms with Crippen molar-refractivity contribution in [3.05, 3.63) is 72.3 Å². The molecule has 0 saturated heterocycles. The van der Waals surface area contributed by atoms with E-state index in [0.717, 1.165) is 0 Å². The van der Waals surface area contributed by atoms with Crippen LogP contribution in [0.2, 0.25) is 0 Å². The van der Waals surface area contributed by atoms with Gasteiger partial charge < -0.3 is 19.5 Å². The van der Waals surface area contributed by atoms with Crippen LogP contribution in [-0.2, 0) is 16.1 Å². The number of anilines is 1. The number of carbonyl (C=O) groups excluding carboxylic acids is 2. The number of carbonyl (C=O) groups is 2. The monoisotopic (exact) mass is 545 g/mol. The highest BCUT2D eigenvalue weighted by Gasteiger charge is 2.37. The summed E-state index contributed by atoms with van der Waals surface area (Å²) in [6.07, 6.45) is 0.685. The number of aromatic nitrogens is 3. The topological polar surface area (TPSA) is 108 Å². The number of methoxy groups -OCH3 is 3. The van der Waals surface area contributed by atoms with Crippen LogP contribution in [0.25, 0.3) is 11.0 Å². The maximum Gasteiger partial charge on any atom is 0.249 e. The fourth-order valence-corrected chi connectivity index (χ4v) is 4.42. The van der Waals surface area contributed by atoms with Crippen molar-refractivity contribution in [2.45, 2.75) is 45.3 Å². The smallest absolute Gasteiger partial charge is 0.249 e. The summed E-state index contributed by atoms with van der Waals surface area (Å²) in [7, 11) is 4.59. The van der Waals surface area contributed by atoms with E-state index in [1.54, 1.807) is 43.5 Å². The van der Waals surface area contributed by atoms with Crippen LogP contribution in [0.4, 0.5) is 5.69 Å². The summed E-state index contributed by atoms with van der Waals surface area (Å²) in [5.41, 5.74) is 1.81. The third-order valence-electron chi connectivity index (χ3n) is 6.89. The van der Waals surface area contributed by atoms with Crippen LogP contribution in [-0.4, -0.2) is 53.7 Å². The molecule has 4 rings (SSSR count). The molecule has 10 nitrogen and oxygen atoms in total. The molecular weight excluding hydrogens is 510 g/mol. The van der Waals surface area contributed by atoms with E-state index in [-0.39, 0.29) is 18.4 Å². The first-order chi connectivity index (χ1) is 19.2. The van der Waals surface area contributed by atoms with E-state index in [2.05, 4.69) is 15.6 Å². The fraction of sp³-hybridized carbons (Fsp3) is 0.333. The Hall–Kier alpha value is -4.60. The van der Waals surface area contributed by atoms with E-state index in [1.807, 2.05) is 51.1 Å². The fourth-order valence-electron chi connectivity index (χ4n) is 4.42. The molecule has 1 heterocycles. The summed E-state index contributed by atoms with van der Waals surface area (Å²) < 4.78 is 18.1. The van der Waals surface area contributed by atoms with Crippen molar-refractivity contribution in [2.75, 3.05) is 26.2 Å². The van der Waals surface area contributed by atoms with E-state index in [0.29, 0.717) is 46.0 Å². The molecule has 40 heavy (non-hydrogen) atoms. The highest BCUT2D eigenvalue weighted by molar-refractivity contribution is 6.02. The number of ether oxygens (including phenoxy) is 3. The molecule has 4 aromatic rings. The van der Waals surface area contributed by atoms with Crippen molar-refractivity contribution in [3.63, 3.8) is 0 Å².